The Morgan fingerprint density at radius 3 is 2.29 bits per heavy atom. The number of hydrogen-bond acceptors (Lipinski definition) is 2. The number of aliphatic hydroxyl groups is 1. The van der Waals surface area contributed by atoms with Crippen molar-refractivity contribution in [3.8, 4) is 0 Å². The van der Waals surface area contributed by atoms with Crippen molar-refractivity contribution in [2.75, 3.05) is 0 Å². The summed E-state index contributed by atoms with van der Waals surface area (Å²) in [6.07, 6.45) is 2.66. The second-order valence-corrected chi connectivity index (χ2v) is 20.9. The highest BCUT2D eigenvalue weighted by atomic mass is 29.3. The fraction of sp³-hybridized carbons (Fsp3) is 1.00. The predicted molar refractivity (Wildman–Crippen MR) is 65.3 cm³/mol. The van der Waals surface area contributed by atoms with Crippen LogP contribution in [0, 0.1) is 0 Å². The molecular formula is C10H24O2Si2. The van der Waals surface area contributed by atoms with Crippen molar-refractivity contribution in [1.29, 1.82) is 0 Å². The monoisotopic (exact) mass is 232 g/mol. The van der Waals surface area contributed by atoms with Crippen molar-refractivity contribution in [1.82, 2.24) is 0 Å². The molecule has 84 valence electrons. The summed E-state index contributed by atoms with van der Waals surface area (Å²) in [4.78, 5) is 0. The lowest BCUT2D eigenvalue weighted by atomic mass is 10.1. The van der Waals surface area contributed by atoms with Gasteiger partial charge in [-0.3, -0.25) is 0 Å². The summed E-state index contributed by atoms with van der Waals surface area (Å²) in [5, 5.41) is 10.3. The van der Waals surface area contributed by atoms with Crippen molar-refractivity contribution < 1.29 is 9.53 Å². The third kappa shape index (κ3) is 2.29. The summed E-state index contributed by atoms with van der Waals surface area (Å²) in [5.41, 5.74) is 0. The summed E-state index contributed by atoms with van der Waals surface area (Å²) >= 11 is 0. The lowest BCUT2D eigenvalue weighted by molar-refractivity contribution is -0.153. The SMILES string of the molecule is CCCC1(O)CC[Si](C)(C)[Si](C)(C)O1. The van der Waals surface area contributed by atoms with Crippen LogP contribution in [0.4, 0.5) is 0 Å². The van der Waals surface area contributed by atoms with E-state index < -0.39 is 21.2 Å². The molecule has 2 nitrogen and oxygen atoms in total. The Labute approximate surface area is 89.6 Å². The zero-order valence-corrected chi connectivity index (χ0v) is 12.2. The fourth-order valence-corrected chi connectivity index (χ4v) is 8.67. The van der Waals surface area contributed by atoms with Crippen LogP contribution in [-0.4, -0.2) is 26.3 Å². The summed E-state index contributed by atoms with van der Waals surface area (Å²) in [6.45, 7) is 11.5. The predicted octanol–water partition coefficient (Wildman–Crippen LogP) is 2.89. The highest BCUT2D eigenvalue weighted by Crippen LogP contribution is 2.39. The van der Waals surface area contributed by atoms with E-state index in [1.54, 1.807) is 0 Å². The van der Waals surface area contributed by atoms with Crippen molar-refractivity contribution in [2.45, 2.75) is 64.2 Å². The van der Waals surface area contributed by atoms with E-state index in [1.165, 1.54) is 6.04 Å². The molecule has 1 fully saturated rings. The van der Waals surface area contributed by atoms with Gasteiger partial charge in [0.15, 0.2) is 13.6 Å². The largest absolute Gasteiger partial charge is 0.393 e. The highest BCUT2D eigenvalue weighted by Gasteiger charge is 2.52. The van der Waals surface area contributed by atoms with E-state index in [1.807, 2.05) is 0 Å². The van der Waals surface area contributed by atoms with Gasteiger partial charge in [0.05, 0.1) is 7.59 Å². The third-order valence-electron chi connectivity index (χ3n) is 3.86. The summed E-state index contributed by atoms with van der Waals surface area (Å²) in [7, 11) is -2.78. The van der Waals surface area contributed by atoms with Crippen LogP contribution in [0.15, 0.2) is 0 Å². The van der Waals surface area contributed by atoms with Gasteiger partial charge in [0.25, 0.3) is 0 Å². The second-order valence-electron chi connectivity index (χ2n) is 5.69. The maximum absolute atomic E-state index is 10.3. The highest BCUT2D eigenvalue weighted by molar-refractivity contribution is 7.38. The Morgan fingerprint density at radius 2 is 1.86 bits per heavy atom. The first-order valence-corrected chi connectivity index (χ1v) is 12.8. The zero-order valence-electron chi connectivity index (χ0n) is 10.2. The van der Waals surface area contributed by atoms with Crippen molar-refractivity contribution in [3.63, 3.8) is 0 Å². The molecule has 0 aliphatic carbocycles. The lowest BCUT2D eigenvalue weighted by Gasteiger charge is -2.49. The number of rotatable bonds is 2. The van der Waals surface area contributed by atoms with Crippen molar-refractivity contribution in [3.05, 3.63) is 0 Å². The summed E-state index contributed by atoms with van der Waals surface area (Å²) in [5.74, 6) is -0.785. The molecule has 0 aromatic carbocycles. The van der Waals surface area contributed by atoms with Crippen LogP contribution in [0.3, 0.4) is 0 Å². The molecule has 0 spiro atoms. The first-order valence-electron chi connectivity index (χ1n) is 5.65. The van der Waals surface area contributed by atoms with Crippen molar-refractivity contribution in [2.24, 2.45) is 0 Å². The Kier molecular flexibility index (Phi) is 3.32. The molecule has 1 aliphatic heterocycles. The Morgan fingerprint density at radius 1 is 1.29 bits per heavy atom. The molecule has 0 bridgehead atoms. The number of hydrogen-bond donors (Lipinski definition) is 1. The van der Waals surface area contributed by atoms with E-state index >= 15 is 0 Å². The molecule has 4 heteroatoms. The van der Waals surface area contributed by atoms with Gasteiger partial charge in [-0.15, -0.1) is 0 Å². The smallest absolute Gasteiger partial charge is 0.177 e. The Hall–Kier alpha value is 0.354. The zero-order chi connectivity index (χ0) is 11.0. The van der Waals surface area contributed by atoms with Gasteiger partial charge in [-0.05, 0) is 25.9 Å². The molecule has 0 aromatic rings. The molecule has 1 N–H and O–H groups in total. The molecule has 1 atom stereocenters. The summed E-state index contributed by atoms with van der Waals surface area (Å²) < 4.78 is 6.07. The topological polar surface area (TPSA) is 29.5 Å². The quantitative estimate of drug-likeness (QED) is 0.742. The average Bonchev–Trinajstić information content (AvgIpc) is 1.98. The van der Waals surface area contributed by atoms with E-state index in [4.69, 9.17) is 4.43 Å². The third-order valence-corrected chi connectivity index (χ3v) is 20.3. The maximum atomic E-state index is 10.3. The van der Waals surface area contributed by atoms with Gasteiger partial charge in [-0.1, -0.05) is 32.5 Å². The van der Waals surface area contributed by atoms with Gasteiger partial charge in [0, 0.05) is 0 Å². The average molecular weight is 232 g/mol. The second kappa shape index (κ2) is 3.74. The first kappa shape index (κ1) is 12.4. The molecule has 1 heterocycles. The Bertz CT molecular complexity index is 216. The molecule has 0 amide bonds. The normalized spacial score (nSPS) is 35.6. The van der Waals surface area contributed by atoms with E-state index in [-0.39, 0.29) is 0 Å². The van der Waals surface area contributed by atoms with E-state index in [9.17, 15) is 5.11 Å². The minimum Gasteiger partial charge on any atom is -0.393 e. The molecule has 1 aliphatic rings. The minimum absolute atomic E-state index is 0.785. The molecular weight excluding hydrogens is 208 g/mol. The van der Waals surface area contributed by atoms with Gasteiger partial charge in [-0.25, -0.2) is 0 Å². The molecule has 0 saturated carbocycles. The minimum atomic E-state index is -1.60. The van der Waals surface area contributed by atoms with Crippen LogP contribution in [0.25, 0.3) is 0 Å². The van der Waals surface area contributed by atoms with Gasteiger partial charge >= 0.3 is 0 Å². The Balaban J connectivity index is 2.76. The van der Waals surface area contributed by atoms with Crippen LogP contribution >= 0.6 is 0 Å². The summed E-state index contributed by atoms with van der Waals surface area (Å²) in [6, 6.07) is 1.22. The van der Waals surface area contributed by atoms with E-state index in [0.29, 0.717) is 0 Å². The van der Waals surface area contributed by atoms with E-state index in [0.717, 1.165) is 19.3 Å². The van der Waals surface area contributed by atoms with E-state index in [2.05, 4.69) is 33.1 Å². The molecule has 1 unspecified atom stereocenters. The molecule has 1 rings (SSSR count). The molecule has 14 heavy (non-hydrogen) atoms. The molecule has 0 radical (unpaired) electrons. The van der Waals surface area contributed by atoms with Gasteiger partial charge in [-0.2, -0.15) is 0 Å². The first-order chi connectivity index (χ1) is 6.22. The van der Waals surface area contributed by atoms with Gasteiger partial charge < -0.3 is 9.53 Å². The fourth-order valence-electron chi connectivity index (χ4n) is 2.04. The van der Waals surface area contributed by atoms with Crippen LogP contribution in [0.2, 0.25) is 32.2 Å². The maximum Gasteiger partial charge on any atom is 0.177 e. The van der Waals surface area contributed by atoms with Crippen molar-refractivity contribution >= 4 is 15.4 Å². The van der Waals surface area contributed by atoms with Gasteiger partial charge in [0.2, 0.25) is 0 Å². The van der Waals surface area contributed by atoms with Crippen LogP contribution < -0.4 is 0 Å². The van der Waals surface area contributed by atoms with Crippen LogP contribution in [0.1, 0.15) is 26.2 Å². The van der Waals surface area contributed by atoms with Gasteiger partial charge in [0.1, 0.15) is 0 Å². The van der Waals surface area contributed by atoms with Crippen LogP contribution in [-0.2, 0) is 4.43 Å². The molecule has 0 aromatic heterocycles. The standard InChI is InChI=1S/C10H24O2Si2/c1-6-7-10(11)8-9-13(2,3)14(4,5)12-10/h11H,6-9H2,1-5H3. The van der Waals surface area contributed by atoms with Crippen LogP contribution in [0.5, 0.6) is 0 Å². The lowest BCUT2D eigenvalue weighted by Crippen LogP contribution is -2.65. The molecule has 1 saturated heterocycles.